The summed E-state index contributed by atoms with van der Waals surface area (Å²) in [5.41, 5.74) is 0. The van der Waals surface area contributed by atoms with E-state index < -0.39 is 0 Å². The summed E-state index contributed by atoms with van der Waals surface area (Å²) in [7, 11) is 0. The third kappa shape index (κ3) is 6.34. The van der Waals surface area contributed by atoms with Crippen LogP contribution in [0.3, 0.4) is 0 Å². The number of nitrogens with one attached hydrogen (secondary N) is 1. The monoisotopic (exact) mass is 354 g/mol. The van der Waals surface area contributed by atoms with Gasteiger partial charge in [-0.3, -0.25) is 4.79 Å². The molecule has 0 amide bonds. The van der Waals surface area contributed by atoms with Crippen molar-refractivity contribution in [1.29, 1.82) is 0 Å². The third-order valence-corrected chi connectivity index (χ3v) is 3.23. The molecule has 1 aliphatic heterocycles. The van der Waals surface area contributed by atoms with Crippen LogP contribution in [0, 0.1) is 43.7 Å². The fourth-order valence-electron chi connectivity index (χ4n) is 1.42. The molecule has 1 fully saturated rings. The molecule has 0 aromatic carbocycles. The van der Waals surface area contributed by atoms with E-state index in [1.807, 2.05) is 0 Å². The van der Waals surface area contributed by atoms with Crippen LogP contribution in [-0.4, -0.2) is 23.5 Å². The zero-order valence-electron chi connectivity index (χ0n) is 8.10. The van der Waals surface area contributed by atoms with Crippen LogP contribution in [0.25, 0.3) is 0 Å². The summed E-state index contributed by atoms with van der Waals surface area (Å²) in [4.78, 5) is 10.7. The summed E-state index contributed by atoms with van der Waals surface area (Å²) >= 11 is 1.44. The Morgan fingerprint density at radius 3 is 2.77 bits per heavy atom. The van der Waals surface area contributed by atoms with Crippen LogP contribution in [-0.2, 0) is 4.79 Å². The number of piperidine rings is 1. The maximum Gasteiger partial charge on any atom is 0.185 e. The van der Waals surface area contributed by atoms with Gasteiger partial charge in [-0.05, 0) is 25.3 Å². The summed E-state index contributed by atoms with van der Waals surface area (Å²) in [6, 6.07) is 0.565. The van der Waals surface area contributed by atoms with Crippen molar-refractivity contribution in [3.05, 3.63) is 0 Å². The molecule has 0 aromatic rings. The van der Waals surface area contributed by atoms with E-state index in [1.54, 1.807) is 6.92 Å². The number of hydrogen-bond donors (Lipinski definition) is 1. The zero-order chi connectivity index (χ0) is 8.97. The summed E-state index contributed by atoms with van der Waals surface area (Å²) in [5.74, 6) is 1.76. The van der Waals surface area contributed by atoms with E-state index >= 15 is 0 Å². The van der Waals surface area contributed by atoms with E-state index in [4.69, 9.17) is 0 Å². The topological polar surface area (TPSA) is 29.1 Å². The second kappa shape index (κ2) is 7.52. The molecular formula is C9H19HoNOS. The van der Waals surface area contributed by atoms with Gasteiger partial charge in [0.05, 0.1) is 0 Å². The second-order valence-corrected chi connectivity index (χ2v) is 4.79. The molecule has 13 heavy (non-hydrogen) atoms. The average Bonchev–Trinajstić information content (AvgIpc) is 2.03. The molecule has 0 saturated carbocycles. The van der Waals surface area contributed by atoms with Gasteiger partial charge >= 0.3 is 0 Å². The van der Waals surface area contributed by atoms with Crippen molar-refractivity contribution < 1.29 is 44.0 Å². The van der Waals surface area contributed by atoms with E-state index in [1.165, 1.54) is 24.6 Å². The van der Waals surface area contributed by atoms with E-state index in [9.17, 15) is 4.79 Å². The minimum absolute atomic E-state index is 0. The third-order valence-electron chi connectivity index (χ3n) is 2.25. The van der Waals surface area contributed by atoms with Crippen LogP contribution in [0.2, 0.25) is 0 Å². The minimum Gasteiger partial charge on any atom is -0.313 e. The van der Waals surface area contributed by atoms with Crippen molar-refractivity contribution in [3.8, 4) is 0 Å². The number of carbonyl (C=O) groups is 1. The number of hydrogen-bond acceptors (Lipinski definition) is 3. The first kappa shape index (κ1) is 14.2. The molecule has 4 heteroatoms. The molecular weight excluding hydrogens is 335 g/mol. The SMILES string of the molecule is CC(=O)SC[C@H]1CC[C@H](C)CN1.[HH].[Ho]. The number of rotatable bonds is 2. The summed E-state index contributed by atoms with van der Waals surface area (Å²) in [6.45, 7) is 5.01. The van der Waals surface area contributed by atoms with Crippen LogP contribution in [0.4, 0.5) is 0 Å². The first-order valence-electron chi connectivity index (χ1n) is 4.55. The maximum atomic E-state index is 10.7. The Balaban J connectivity index is 0. The Labute approximate surface area is 116 Å². The van der Waals surface area contributed by atoms with Gasteiger partial charge in [0.15, 0.2) is 5.12 Å². The predicted molar refractivity (Wildman–Crippen MR) is 55.4 cm³/mol. The van der Waals surface area contributed by atoms with Gasteiger partial charge in [0.1, 0.15) is 0 Å². The Morgan fingerprint density at radius 2 is 2.31 bits per heavy atom. The van der Waals surface area contributed by atoms with Crippen molar-refractivity contribution in [1.82, 2.24) is 5.32 Å². The molecule has 1 rings (SSSR count). The average molecular weight is 354 g/mol. The van der Waals surface area contributed by atoms with Gasteiger partial charge in [0.2, 0.25) is 0 Å². The Kier molecular flexibility index (Phi) is 8.24. The number of carbonyl (C=O) groups excluding carboxylic acids is 1. The summed E-state index contributed by atoms with van der Waals surface area (Å²) < 4.78 is 0. The van der Waals surface area contributed by atoms with Gasteiger partial charge in [0, 0.05) is 57.9 Å². The normalized spacial score (nSPS) is 27.8. The Bertz CT molecular complexity index is 163. The van der Waals surface area contributed by atoms with Gasteiger partial charge in [-0.15, -0.1) is 0 Å². The van der Waals surface area contributed by atoms with Crippen molar-refractivity contribution in [2.24, 2.45) is 5.92 Å². The first-order valence-corrected chi connectivity index (χ1v) is 5.54. The van der Waals surface area contributed by atoms with E-state index in [0.717, 1.165) is 18.2 Å². The van der Waals surface area contributed by atoms with Crippen LogP contribution in [0.15, 0.2) is 0 Å². The van der Waals surface area contributed by atoms with Gasteiger partial charge in [-0.2, -0.15) is 0 Å². The standard InChI is InChI=1S/C9H17NOS.Ho.H2/c1-7-3-4-9(10-5-7)6-12-8(2)11;;/h7,9-10H,3-6H2,1-2H3;;1H/t7-,9+;;/m0../s1. The molecule has 0 spiro atoms. The molecule has 1 aliphatic rings. The molecule has 1 saturated heterocycles. The molecule has 1 heterocycles. The fraction of sp³-hybridized carbons (Fsp3) is 0.889. The van der Waals surface area contributed by atoms with E-state index in [2.05, 4.69) is 12.2 Å². The van der Waals surface area contributed by atoms with Crippen LogP contribution in [0.5, 0.6) is 0 Å². The number of thioether (sulfide) groups is 1. The summed E-state index contributed by atoms with van der Waals surface area (Å²) in [6.07, 6.45) is 2.53. The Hall–Kier alpha value is 1.24. The maximum absolute atomic E-state index is 10.7. The largest absolute Gasteiger partial charge is 0.313 e. The first-order chi connectivity index (χ1) is 5.68. The van der Waals surface area contributed by atoms with E-state index in [0.29, 0.717) is 6.04 Å². The van der Waals surface area contributed by atoms with Crippen molar-refractivity contribution in [3.63, 3.8) is 0 Å². The zero-order valence-corrected chi connectivity index (χ0v) is 10.9. The molecule has 1 N–H and O–H groups in total. The van der Waals surface area contributed by atoms with Crippen molar-refractivity contribution >= 4 is 16.9 Å². The molecule has 83 valence electrons. The van der Waals surface area contributed by atoms with Gasteiger partial charge in [-0.25, -0.2) is 0 Å². The Morgan fingerprint density at radius 1 is 1.62 bits per heavy atom. The molecule has 0 bridgehead atoms. The van der Waals surface area contributed by atoms with Gasteiger partial charge in [-0.1, -0.05) is 18.7 Å². The predicted octanol–water partition coefficient (Wildman–Crippen LogP) is 1.90. The van der Waals surface area contributed by atoms with Crippen LogP contribution >= 0.6 is 11.8 Å². The van der Waals surface area contributed by atoms with Gasteiger partial charge < -0.3 is 5.32 Å². The smallest absolute Gasteiger partial charge is 0.185 e. The molecule has 2 atom stereocenters. The van der Waals surface area contributed by atoms with E-state index in [-0.39, 0.29) is 44.3 Å². The molecule has 1 radical (unpaired) electrons. The minimum atomic E-state index is 0. The van der Waals surface area contributed by atoms with Crippen LogP contribution < -0.4 is 5.32 Å². The molecule has 2 nitrogen and oxygen atoms in total. The van der Waals surface area contributed by atoms with Crippen molar-refractivity contribution in [2.45, 2.75) is 32.7 Å². The van der Waals surface area contributed by atoms with Crippen molar-refractivity contribution in [2.75, 3.05) is 12.3 Å². The van der Waals surface area contributed by atoms with Crippen LogP contribution in [0.1, 0.15) is 28.1 Å². The fourth-order valence-corrected chi connectivity index (χ4v) is 2.14. The van der Waals surface area contributed by atoms with Gasteiger partial charge in [0.25, 0.3) is 0 Å². The quantitative estimate of drug-likeness (QED) is 0.768. The summed E-state index contributed by atoms with van der Waals surface area (Å²) in [5, 5.41) is 3.68. The molecule has 0 aliphatic carbocycles. The second-order valence-electron chi connectivity index (χ2n) is 3.59. The molecule has 0 aromatic heterocycles. The molecule has 0 unspecified atom stereocenters.